The molecule has 0 saturated carbocycles. The van der Waals surface area contributed by atoms with Gasteiger partial charge in [0.1, 0.15) is 0 Å². The normalized spacial score (nSPS) is 14.7. The van der Waals surface area contributed by atoms with Crippen molar-refractivity contribution < 1.29 is 23.8 Å². The number of piperidine rings is 1. The molecular weight excluding hydrogens is 322 g/mol. The Morgan fingerprint density at radius 1 is 1.24 bits per heavy atom. The number of methoxy groups -OCH3 is 2. The Bertz CT molecular complexity index is 620. The molecule has 1 heterocycles. The minimum atomic E-state index is -0.201. The molecule has 136 valence electrons. The standard InChI is InChI=1S/C19H25NO5/c1-4-5-14-6-7-16(17(12-14)23-2)25-13-18(21)20-10-8-15(9-11-20)19(22)24-3/h4,6-7,12,15H,1,5,8-11,13H2,2-3H3. The fourth-order valence-electron chi connectivity index (χ4n) is 2.89. The number of carbonyl (C=O) groups excluding carboxylic acids is 2. The maximum Gasteiger partial charge on any atom is 0.308 e. The molecule has 0 radical (unpaired) electrons. The van der Waals surface area contributed by atoms with Crippen LogP contribution in [0.15, 0.2) is 30.9 Å². The van der Waals surface area contributed by atoms with Crippen LogP contribution in [0.25, 0.3) is 0 Å². The molecule has 6 nitrogen and oxygen atoms in total. The van der Waals surface area contributed by atoms with Gasteiger partial charge in [-0.2, -0.15) is 0 Å². The zero-order valence-electron chi connectivity index (χ0n) is 14.8. The SMILES string of the molecule is C=CCc1ccc(OCC(=O)N2CCC(C(=O)OC)CC2)c(OC)c1. The molecule has 0 spiro atoms. The van der Waals surface area contributed by atoms with Gasteiger partial charge in [0, 0.05) is 13.1 Å². The number of carbonyl (C=O) groups is 2. The lowest BCUT2D eigenvalue weighted by molar-refractivity contribution is -0.149. The predicted octanol–water partition coefficient (Wildman–Crippen LogP) is 2.21. The van der Waals surface area contributed by atoms with Crippen molar-refractivity contribution in [3.63, 3.8) is 0 Å². The molecule has 1 saturated heterocycles. The van der Waals surface area contributed by atoms with Crippen LogP contribution in [0, 0.1) is 5.92 Å². The zero-order chi connectivity index (χ0) is 18.2. The van der Waals surface area contributed by atoms with Gasteiger partial charge in [-0.1, -0.05) is 12.1 Å². The van der Waals surface area contributed by atoms with E-state index in [0.717, 1.165) is 12.0 Å². The average Bonchev–Trinajstić information content (AvgIpc) is 2.66. The molecule has 25 heavy (non-hydrogen) atoms. The molecule has 1 amide bonds. The van der Waals surface area contributed by atoms with E-state index in [1.807, 2.05) is 18.2 Å². The first-order chi connectivity index (χ1) is 12.1. The molecular formula is C19H25NO5. The second-order valence-corrected chi connectivity index (χ2v) is 5.94. The second-order valence-electron chi connectivity index (χ2n) is 5.94. The molecule has 1 aliphatic rings. The monoisotopic (exact) mass is 347 g/mol. The molecule has 1 aromatic rings. The van der Waals surface area contributed by atoms with Crippen LogP contribution in [-0.4, -0.2) is 50.7 Å². The molecule has 0 bridgehead atoms. The quantitative estimate of drug-likeness (QED) is 0.559. The highest BCUT2D eigenvalue weighted by Gasteiger charge is 2.28. The second kappa shape index (κ2) is 9.11. The number of rotatable bonds is 7. The minimum Gasteiger partial charge on any atom is -0.493 e. The van der Waals surface area contributed by atoms with Gasteiger partial charge in [-0.25, -0.2) is 0 Å². The maximum absolute atomic E-state index is 12.3. The summed E-state index contributed by atoms with van der Waals surface area (Å²) in [7, 11) is 2.96. The lowest BCUT2D eigenvalue weighted by atomic mass is 9.97. The van der Waals surface area contributed by atoms with E-state index >= 15 is 0 Å². The van der Waals surface area contributed by atoms with E-state index < -0.39 is 0 Å². The Morgan fingerprint density at radius 2 is 1.96 bits per heavy atom. The summed E-state index contributed by atoms with van der Waals surface area (Å²) in [6.07, 6.45) is 3.80. The van der Waals surface area contributed by atoms with Crippen molar-refractivity contribution in [2.75, 3.05) is 33.9 Å². The Hall–Kier alpha value is -2.50. The van der Waals surface area contributed by atoms with Crippen molar-refractivity contribution in [3.05, 3.63) is 36.4 Å². The summed E-state index contributed by atoms with van der Waals surface area (Å²) in [5.41, 5.74) is 1.07. The first kappa shape index (κ1) is 18.8. The third-order valence-electron chi connectivity index (χ3n) is 4.34. The highest BCUT2D eigenvalue weighted by molar-refractivity contribution is 5.78. The van der Waals surface area contributed by atoms with E-state index in [1.165, 1.54) is 7.11 Å². The molecule has 0 atom stereocenters. The first-order valence-corrected chi connectivity index (χ1v) is 8.35. The fourth-order valence-corrected chi connectivity index (χ4v) is 2.89. The molecule has 1 aromatic carbocycles. The summed E-state index contributed by atoms with van der Waals surface area (Å²) in [6.45, 7) is 4.74. The van der Waals surface area contributed by atoms with Crippen molar-refractivity contribution in [2.24, 2.45) is 5.92 Å². The molecule has 0 aromatic heterocycles. The van der Waals surface area contributed by atoms with Crippen LogP contribution in [0.2, 0.25) is 0 Å². The van der Waals surface area contributed by atoms with Crippen molar-refractivity contribution in [3.8, 4) is 11.5 Å². The fraction of sp³-hybridized carbons (Fsp3) is 0.474. The van der Waals surface area contributed by atoms with Crippen LogP contribution in [0.4, 0.5) is 0 Å². The van der Waals surface area contributed by atoms with Gasteiger partial charge in [-0.05, 0) is 37.0 Å². The third-order valence-corrected chi connectivity index (χ3v) is 4.34. The summed E-state index contributed by atoms with van der Waals surface area (Å²) in [4.78, 5) is 25.6. The zero-order valence-corrected chi connectivity index (χ0v) is 14.8. The van der Waals surface area contributed by atoms with E-state index in [9.17, 15) is 9.59 Å². The first-order valence-electron chi connectivity index (χ1n) is 8.35. The number of nitrogens with zero attached hydrogens (tertiary/aromatic N) is 1. The topological polar surface area (TPSA) is 65.1 Å². The summed E-state index contributed by atoms with van der Waals surface area (Å²) in [5, 5.41) is 0. The molecule has 0 N–H and O–H groups in total. The Labute approximate surface area is 148 Å². The van der Waals surface area contributed by atoms with Gasteiger partial charge in [-0.15, -0.1) is 6.58 Å². The van der Waals surface area contributed by atoms with Crippen molar-refractivity contribution in [2.45, 2.75) is 19.3 Å². The van der Waals surface area contributed by atoms with Gasteiger partial charge in [0.2, 0.25) is 0 Å². The summed E-state index contributed by atoms with van der Waals surface area (Å²) in [5.74, 6) is 0.713. The smallest absolute Gasteiger partial charge is 0.308 e. The van der Waals surface area contributed by atoms with E-state index in [-0.39, 0.29) is 24.4 Å². The van der Waals surface area contributed by atoms with E-state index in [1.54, 1.807) is 18.1 Å². The number of benzene rings is 1. The van der Waals surface area contributed by atoms with E-state index in [2.05, 4.69) is 6.58 Å². The maximum atomic E-state index is 12.3. The van der Waals surface area contributed by atoms with Crippen LogP contribution in [0.1, 0.15) is 18.4 Å². The number of esters is 1. The highest BCUT2D eigenvalue weighted by atomic mass is 16.5. The number of amides is 1. The summed E-state index contributed by atoms with van der Waals surface area (Å²) >= 11 is 0. The molecule has 6 heteroatoms. The summed E-state index contributed by atoms with van der Waals surface area (Å²) < 4.78 is 15.7. The van der Waals surface area contributed by atoms with Crippen molar-refractivity contribution >= 4 is 11.9 Å². The van der Waals surface area contributed by atoms with Gasteiger partial charge in [0.15, 0.2) is 18.1 Å². The Kier molecular flexibility index (Phi) is 6.86. The van der Waals surface area contributed by atoms with Crippen LogP contribution in [-0.2, 0) is 20.7 Å². The molecule has 0 aliphatic carbocycles. The Balaban J connectivity index is 1.88. The number of ether oxygens (including phenoxy) is 3. The van der Waals surface area contributed by atoms with Gasteiger partial charge in [0.25, 0.3) is 5.91 Å². The molecule has 1 aliphatic heterocycles. The highest BCUT2D eigenvalue weighted by Crippen LogP contribution is 2.28. The van der Waals surface area contributed by atoms with Gasteiger partial charge >= 0.3 is 5.97 Å². The van der Waals surface area contributed by atoms with Crippen LogP contribution < -0.4 is 9.47 Å². The number of hydrogen-bond acceptors (Lipinski definition) is 5. The van der Waals surface area contributed by atoms with E-state index in [4.69, 9.17) is 14.2 Å². The number of allylic oxidation sites excluding steroid dienone is 1. The number of hydrogen-bond donors (Lipinski definition) is 0. The predicted molar refractivity (Wildman–Crippen MR) is 93.7 cm³/mol. The third kappa shape index (κ3) is 4.98. The van der Waals surface area contributed by atoms with Gasteiger partial charge < -0.3 is 19.1 Å². The van der Waals surface area contributed by atoms with Crippen LogP contribution >= 0.6 is 0 Å². The lowest BCUT2D eigenvalue weighted by Gasteiger charge is -2.30. The average molecular weight is 347 g/mol. The number of likely N-dealkylation sites (tertiary alicyclic amines) is 1. The van der Waals surface area contributed by atoms with Crippen molar-refractivity contribution in [1.82, 2.24) is 4.90 Å². The molecule has 0 unspecified atom stereocenters. The van der Waals surface area contributed by atoms with E-state index in [0.29, 0.717) is 37.4 Å². The lowest BCUT2D eigenvalue weighted by Crippen LogP contribution is -2.42. The van der Waals surface area contributed by atoms with Gasteiger partial charge in [-0.3, -0.25) is 9.59 Å². The van der Waals surface area contributed by atoms with Gasteiger partial charge in [0.05, 0.1) is 20.1 Å². The van der Waals surface area contributed by atoms with Crippen molar-refractivity contribution in [1.29, 1.82) is 0 Å². The van der Waals surface area contributed by atoms with Crippen LogP contribution in [0.3, 0.4) is 0 Å². The summed E-state index contributed by atoms with van der Waals surface area (Å²) in [6, 6.07) is 5.60. The largest absolute Gasteiger partial charge is 0.493 e. The van der Waals surface area contributed by atoms with Crippen LogP contribution in [0.5, 0.6) is 11.5 Å². The molecule has 1 fully saturated rings. The Morgan fingerprint density at radius 3 is 2.56 bits per heavy atom. The molecule has 2 rings (SSSR count). The minimum absolute atomic E-state index is 0.0555.